The Balaban J connectivity index is 1.66. The van der Waals surface area contributed by atoms with E-state index in [4.69, 9.17) is 32.7 Å². The molecule has 1 amide bonds. The third kappa shape index (κ3) is 6.12. The Labute approximate surface area is 300 Å². The van der Waals surface area contributed by atoms with E-state index >= 15 is 13.6 Å². The van der Waals surface area contributed by atoms with Gasteiger partial charge < -0.3 is 14.6 Å². The van der Waals surface area contributed by atoms with Crippen molar-refractivity contribution in [2.45, 2.75) is 76.0 Å². The number of hydrogen-bond donors (Lipinski definition) is 1. The topological polar surface area (TPSA) is 103 Å². The van der Waals surface area contributed by atoms with Gasteiger partial charge in [-0.2, -0.15) is 5.26 Å². The first-order chi connectivity index (χ1) is 23.7. The Kier molecular flexibility index (Phi) is 9.92. The van der Waals surface area contributed by atoms with Gasteiger partial charge in [-0.25, -0.2) is 13.6 Å². The lowest BCUT2D eigenvalue weighted by Gasteiger charge is -2.43. The van der Waals surface area contributed by atoms with Crippen molar-refractivity contribution >= 4 is 40.8 Å². The van der Waals surface area contributed by atoms with E-state index < -0.39 is 58.5 Å². The number of carbonyl (C=O) groups excluding carboxylic acids is 1. The summed E-state index contributed by atoms with van der Waals surface area (Å²) in [7, 11) is 1.36. The molecule has 0 unspecified atom stereocenters. The molecule has 3 aliphatic rings. The van der Waals surface area contributed by atoms with Crippen molar-refractivity contribution in [3.63, 3.8) is 0 Å². The predicted octanol–water partition coefficient (Wildman–Crippen LogP) is 8.20. The Morgan fingerprint density at radius 3 is 2.46 bits per heavy atom. The largest absolute Gasteiger partial charge is 0.496 e. The van der Waals surface area contributed by atoms with Crippen molar-refractivity contribution in [1.82, 2.24) is 4.90 Å². The highest BCUT2D eigenvalue weighted by Gasteiger charge is 2.70. The number of anilines is 1. The first-order valence-electron chi connectivity index (χ1n) is 16.6. The van der Waals surface area contributed by atoms with Gasteiger partial charge in [0.15, 0.2) is 0 Å². The number of nitrogens with zero attached hydrogens (tertiary/aromatic N) is 3. The van der Waals surface area contributed by atoms with Gasteiger partial charge in [0.25, 0.3) is 0 Å². The van der Waals surface area contributed by atoms with E-state index in [0.29, 0.717) is 31.7 Å². The molecule has 5 atom stereocenters. The Morgan fingerprint density at radius 2 is 1.84 bits per heavy atom. The number of ether oxygens (including phenoxy) is 2. The Bertz CT molecular complexity index is 1860. The second-order valence-electron chi connectivity index (χ2n) is 14.6. The summed E-state index contributed by atoms with van der Waals surface area (Å²) < 4.78 is 43.8. The quantitative estimate of drug-likeness (QED) is 0.250. The number of carbonyl (C=O) groups is 2. The molecule has 264 valence electrons. The molecule has 0 spiro atoms. The van der Waals surface area contributed by atoms with Gasteiger partial charge in [0, 0.05) is 47.5 Å². The summed E-state index contributed by atoms with van der Waals surface area (Å²) in [6.45, 7) is 7.13. The zero-order valence-electron chi connectivity index (χ0n) is 28.3. The summed E-state index contributed by atoms with van der Waals surface area (Å²) in [5.74, 6) is -4.14. The zero-order valence-corrected chi connectivity index (χ0v) is 29.8. The molecule has 12 heteroatoms. The number of aromatic carboxylic acids is 1. The standard InChI is InChI=1S/C38H39Cl2F2N3O5/c1-37(2,3)19-30-38(20-43,26-11-8-22(39)17-28(26)41)32(25-6-5-7-27(40)33(25)42)34-35(46)44(23-9-10-24(36(47)48)29(18-23)49-4)31(45(30)34)16-21-12-14-50-15-13-21/h5-11,17-18,21,30-32,34H,12-16,19H2,1-4H3,(H,47,48)/t30-,31+,32-,34+,38-/m0/s1. The maximum absolute atomic E-state index is 16.4. The highest BCUT2D eigenvalue weighted by atomic mass is 35.5. The fourth-order valence-electron chi connectivity index (χ4n) is 8.36. The molecule has 3 saturated heterocycles. The highest BCUT2D eigenvalue weighted by Crippen LogP contribution is 2.60. The van der Waals surface area contributed by atoms with Crippen LogP contribution >= 0.6 is 23.2 Å². The molecule has 0 saturated carbocycles. The number of rotatable bonds is 8. The lowest BCUT2D eigenvalue weighted by atomic mass is 9.62. The zero-order chi connectivity index (χ0) is 36.1. The molecule has 8 nitrogen and oxygen atoms in total. The minimum absolute atomic E-state index is 0.0223. The van der Waals surface area contributed by atoms with Crippen molar-refractivity contribution < 1.29 is 33.0 Å². The van der Waals surface area contributed by atoms with Gasteiger partial charge in [0.05, 0.1) is 24.4 Å². The number of benzene rings is 3. The summed E-state index contributed by atoms with van der Waals surface area (Å²) in [6.07, 6.45) is 1.63. The molecule has 6 rings (SSSR count). The number of hydrogen-bond acceptors (Lipinski definition) is 6. The number of carboxylic acids is 1. The molecule has 1 N–H and O–H groups in total. The summed E-state index contributed by atoms with van der Waals surface area (Å²) in [5, 5.41) is 21.2. The fourth-order valence-corrected chi connectivity index (χ4v) is 8.70. The van der Waals surface area contributed by atoms with E-state index in [1.54, 1.807) is 17.0 Å². The molecule has 50 heavy (non-hydrogen) atoms. The Hall–Kier alpha value is -3.75. The minimum Gasteiger partial charge on any atom is -0.496 e. The fraction of sp³-hybridized carbons (Fsp3) is 0.447. The van der Waals surface area contributed by atoms with Crippen LogP contribution in [0.1, 0.15) is 73.9 Å². The first-order valence-corrected chi connectivity index (χ1v) is 17.4. The molecule has 0 bridgehead atoms. The Morgan fingerprint density at radius 1 is 1.12 bits per heavy atom. The summed E-state index contributed by atoms with van der Waals surface area (Å²) in [5.41, 5.74) is -1.83. The normalized spacial score (nSPS) is 25.8. The van der Waals surface area contributed by atoms with E-state index in [9.17, 15) is 15.2 Å². The van der Waals surface area contributed by atoms with Crippen LogP contribution in [0, 0.1) is 34.3 Å². The number of fused-ring (bicyclic) bond motifs is 1. The number of carboxylic acid groups (broad SMARTS) is 1. The molecule has 3 aromatic carbocycles. The molecule has 0 aliphatic carbocycles. The van der Waals surface area contributed by atoms with E-state index in [0.717, 1.165) is 18.9 Å². The van der Waals surface area contributed by atoms with E-state index in [2.05, 4.69) is 6.07 Å². The summed E-state index contributed by atoms with van der Waals surface area (Å²) in [6, 6.07) is 13.6. The maximum atomic E-state index is 16.4. The lowest BCUT2D eigenvalue weighted by molar-refractivity contribution is -0.119. The maximum Gasteiger partial charge on any atom is 0.339 e. The predicted molar refractivity (Wildman–Crippen MR) is 186 cm³/mol. The van der Waals surface area contributed by atoms with E-state index in [1.807, 2.05) is 25.7 Å². The second kappa shape index (κ2) is 13.8. The summed E-state index contributed by atoms with van der Waals surface area (Å²) >= 11 is 12.6. The third-order valence-corrected chi connectivity index (χ3v) is 10.9. The minimum atomic E-state index is -1.77. The van der Waals surface area contributed by atoms with Crippen molar-refractivity contribution in [1.29, 1.82) is 5.26 Å². The summed E-state index contributed by atoms with van der Waals surface area (Å²) in [4.78, 5) is 30.9. The third-order valence-electron chi connectivity index (χ3n) is 10.4. The monoisotopic (exact) mass is 725 g/mol. The van der Waals surface area contributed by atoms with Gasteiger partial charge in [-0.15, -0.1) is 0 Å². The molecule has 0 aromatic heterocycles. The molecule has 3 aliphatic heterocycles. The molecule has 3 aromatic rings. The van der Waals surface area contributed by atoms with E-state index in [-0.39, 0.29) is 38.4 Å². The van der Waals surface area contributed by atoms with Gasteiger partial charge in [-0.1, -0.05) is 62.2 Å². The average Bonchev–Trinajstić information content (AvgIpc) is 3.50. The van der Waals surface area contributed by atoms with Gasteiger partial charge in [0.2, 0.25) is 5.91 Å². The van der Waals surface area contributed by atoms with Crippen LogP contribution in [0.4, 0.5) is 14.5 Å². The number of halogens is 4. The molecule has 0 radical (unpaired) electrons. The number of amides is 1. The van der Waals surface area contributed by atoms with Gasteiger partial charge >= 0.3 is 5.97 Å². The van der Waals surface area contributed by atoms with Crippen LogP contribution in [0.15, 0.2) is 54.6 Å². The van der Waals surface area contributed by atoms with Crippen LogP contribution in [-0.2, 0) is 14.9 Å². The molecular formula is C38H39Cl2F2N3O5. The van der Waals surface area contributed by atoms with Crippen LogP contribution in [0.25, 0.3) is 0 Å². The van der Waals surface area contributed by atoms with E-state index in [1.165, 1.54) is 43.5 Å². The smallest absolute Gasteiger partial charge is 0.339 e. The van der Waals surface area contributed by atoms with Crippen molar-refractivity contribution in [2.75, 3.05) is 25.2 Å². The highest BCUT2D eigenvalue weighted by molar-refractivity contribution is 6.31. The van der Waals surface area contributed by atoms with Crippen LogP contribution in [0.2, 0.25) is 10.0 Å². The van der Waals surface area contributed by atoms with Crippen LogP contribution in [0.3, 0.4) is 0 Å². The van der Waals surface area contributed by atoms with Crippen LogP contribution < -0.4 is 9.64 Å². The van der Waals surface area contributed by atoms with Crippen molar-refractivity contribution in [2.24, 2.45) is 11.3 Å². The molecule has 3 fully saturated rings. The van der Waals surface area contributed by atoms with Crippen LogP contribution in [-0.4, -0.2) is 60.5 Å². The number of methoxy groups -OCH3 is 1. The average molecular weight is 727 g/mol. The molecule has 3 heterocycles. The second-order valence-corrected chi connectivity index (χ2v) is 15.4. The first kappa shape index (κ1) is 36.1. The van der Waals surface area contributed by atoms with Gasteiger partial charge in [0.1, 0.15) is 34.4 Å². The van der Waals surface area contributed by atoms with Crippen LogP contribution in [0.5, 0.6) is 5.75 Å². The number of nitriles is 1. The lowest BCUT2D eigenvalue weighted by Crippen LogP contribution is -2.52. The van der Waals surface area contributed by atoms with Crippen molar-refractivity contribution in [3.8, 4) is 11.8 Å². The van der Waals surface area contributed by atoms with Crippen molar-refractivity contribution in [3.05, 3.63) is 93.0 Å². The SMILES string of the molecule is COc1cc(N2C(=O)[C@H]3[C@H](c4cccc(Cl)c4F)[C@@](C#N)(c4ccc(Cl)cc4F)[C@H](CC(C)(C)C)N3[C@@H]2CC2CCOCC2)ccc1C(=O)O. The van der Waals surface area contributed by atoms with Gasteiger partial charge in [-0.3, -0.25) is 14.6 Å². The molecular weight excluding hydrogens is 687 g/mol. The van der Waals surface area contributed by atoms with Gasteiger partial charge in [-0.05, 0) is 72.9 Å².